The van der Waals surface area contributed by atoms with Gasteiger partial charge in [-0.3, -0.25) is 4.79 Å². The molecule has 0 bridgehead atoms. The number of aryl methyl sites for hydroxylation is 1. The third kappa shape index (κ3) is 1.52. The zero-order chi connectivity index (χ0) is 12.9. The van der Waals surface area contributed by atoms with Crippen molar-refractivity contribution in [3.05, 3.63) is 29.8 Å². The van der Waals surface area contributed by atoms with E-state index >= 15 is 0 Å². The van der Waals surface area contributed by atoms with E-state index in [9.17, 15) is 9.59 Å². The van der Waals surface area contributed by atoms with Gasteiger partial charge in [0, 0.05) is 0 Å². The molecular formula is C14H16N2O2. The number of urea groups is 1. The summed E-state index contributed by atoms with van der Waals surface area (Å²) in [7, 11) is 0. The van der Waals surface area contributed by atoms with Gasteiger partial charge in [0.1, 0.15) is 5.54 Å². The Bertz CT molecular complexity index is 536. The van der Waals surface area contributed by atoms with Crippen LogP contribution in [0.15, 0.2) is 24.3 Å². The van der Waals surface area contributed by atoms with Gasteiger partial charge in [0.05, 0.1) is 5.69 Å². The number of benzene rings is 1. The van der Waals surface area contributed by atoms with Crippen molar-refractivity contribution < 1.29 is 9.59 Å². The third-order valence-corrected chi connectivity index (χ3v) is 3.87. The lowest BCUT2D eigenvalue weighted by atomic mass is 9.96. The number of rotatable bonds is 2. The summed E-state index contributed by atoms with van der Waals surface area (Å²) in [6.07, 6.45) is 2.04. The molecule has 1 N–H and O–H groups in total. The Morgan fingerprint density at radius 2 is 2.06 bits per heavy atom. The van der Waals surface area contributed by atoms with Crippen molar-refractivity contribution in [3.63, 3.8) is 0 Å². The average molecular weight is 244 g/mol. The number of imide groups is 1. The smallest absolute Gasteiger partial charge is 0.323 e. The Morgan fingerprint density at radius 1 is 1.33 bits per heavy atom. The summed E-state index contributed by atoms with van der Waals surface area (Å²) >= 11 is 0. The molecule has 18 heavy (non-hydrogen) atoms. The number of nitrogens with zero attached hydrogens (tertiary/aromatic N) is 1. The van der Waals surface area contributed by atoms with Crippen molar-refractivity contribution >= 4 is 17.6 Å². The molecule has 1 unspecified atom stereocenters. The van der Waals surface area contributed by atoms with Crippen LogP contribution in [-0.2, 0) is 4.79 Å². The fraction of sp³-hybridized carbons (Fsp3) is 0.429. The minimum absolute atomic E-state index is 0.124. The summed E-state index contributed by atoms with van der Waals surface area (Å²) in [5, 5.41) is 2.85. The Hall–Kier alpha value is -1.84. The summed E-state index contributed by atoms with van der Waals surface area (Å²) in [6.45, 7) is 3.78. The fourth-order valence-corrected chi connectivity index (χ4v) is 2.59. The van der Waals surface area contributed by atoms with Gasteiger partial charge < -0.3 is 5.32 Å². The van der Waals surface area contributed by atoms with E-state index in [1.165, 1.54) is 4.90 Å². The fourth-order valence-electron chi connectivity index (χ4n) is 2.59. The van der Waals surface area contributed by atoms with Crippen LogP contribution in [-0.4, -0.2) is 17.5 Å². The highest BCUT2D eigenvalue weighted by molar-refractivity contribution is 6.23. The normalized spacial score (nSPS) is 27.6. The lowest BCUT2D eigenvalue weighted by Gasteiger charge is -2.21. The standard InChI is InChI=1S/C14H16N2O2/c1-9-4-3-5-11(8-9)16-12(17)14(2,10-6-7-10)15-13(16)18/h3-5,8,10H,6-7H2,1-2H3,(H,15,18). The van der Waals surface area contributed by atoms with E-state index in [2.05, 4.69) is 5.32 Å². The predicted molar refractivity (Wildman–Crippen MR) is 68.3 cm³/mol. The van der Waals surface area contributed by atoms with Crippen LogP contribution in [0.3, 0.4) is 0 Å². The first-order chi connectivity index (χ1) is 8.52. The average Bonchev–Trinajstić information content (AvgIpc) is 3.09. The molecule has 0 radical (unpaired) electrons. The topological polar surface area (TPSA) is 49.4 Å². The molecule has 4 heteroatoms. The SMILES string of the molecule is Cc1cccc(N2C(=O)NC(C)(C3CC3)C2=O)c1. The van der Waals surface area contributed by atoms with Gasteiger partial charge in [0.15, 0.2) is 0 Å². The van der Waals surface area contributed by atoms with Crippen LogP contribution in [0.25, 0.3) is 0 Å². The maximum absolute atomic E-state index is 12.5. The lowest BCUT2D eigenvalue weighted by molar-refractivity contribution is -0.122. The predicted octanol–water partition coefficient (Wildman–Crippen LogP) is 2.22. The van der Waals surface area contributed by atoms with Gasteiger partial charge in [-0.05, 0) is 50.3 Å². The number of hydrogen-bond donors (Lipinski definition) is 1. The van der Waals surface area contributed by atoms with Gasteiger partial charge in [-0.2, -0.15) is 0 Å². The van der Waals surface area contributed by atoms with Gasteiger partial charge in [-0.15, -0.1) is 0 Å². The molecule has 1 atom stereocenters. The molecule has 0 aromatic heterocycles. The summed E-state index contributed by atoms with van der Waals surface area (Å²) in [4.78, 5) is 25.8. The van der Waals surface area contributed by atoms with Crippen LogP contribution in [0.1, 0.15) is 25.3 Å². The molecule has 2 fully saturated rings. The van der Waals surface area contributed by atoms with E-state index < -0.39 is 5.54 Å². The molecule has 1 aliphatic carbocycles. The van der Waals surface area contributed by atoms with E-state index in [1.54, 1.807) is 6.07 Å². The summed E-state index contributed by atoms with van der Waals surface area (Å²) in [5.41, 5.74) is 0.982. The Kier molecular flexibility index (Phi) is 2.24. The van der Waals surface area contributed by atoms with Crippen LogP contribution in [0.2, 0.25) is 0 Å². The minimum atomic E-state index is -0.708. The van der Waals surface area contributed by atoms with Crippen LogP contribution < -0.4 is 10.2 Å². The highest BCUT2D eigenvalue weighted by Gasteiger charge is 2.56. The highest BCUT2D eigenvalue weighted by Crippen LogP contribution is 2.43. The highest BCUT2D eigenvalue weighted by atomic mass is 16.2. The maximum atomic E-state index is 12.5. The van der Waals surface area contributed by atoms with Crippen LogP contribution in [0.5, 0.6) is 0 Å². The Balaban J connectivity index is 1.98. The first-order valence-corrected chi connectivity index (χ1v) is 6.26. The summed E-state index contributed by atoms with van der Waals surface area (Å²) in [6, 6.07) is 7.15. The van der Waals surface area contributed by atoms with Gasteiger partial charge in [0.2, 0.25) is 0 Å². The van der Waals surface area contributed by atoms with E-state index in [-0.39, 0.29) is 11.9 Å². The van der Waals surface area contributed by atoms with Crippen molar-refractivity contribution in [2.45, 2.75) is 32.2 Å². The van der Waals surface area contributed by atoms with Crippen molar-refractivity contribution in [1.82, 2.24) is 5.32 Å². The molecule has 1 aromatic carbocycles. The molecule has 3 rings (SSSR count). The van der Waals surface area contributed by atoms with Crippen molar-refractivity contribution in [1.29, 1.82) is 0 Å². The minimum Gasteiger partial charge on any atom is -0.323 e. The molecule has 1 heterocycles. The van der Waals surface area contributed by atoms with E-state index in [1.807, 2.05) is 32.0 Å². The van der Waals surface area contributed by atoms with Gasteiger partial charge in [-0.25, -0.2) is 9.69 Å². The second kappa shape index (κ2) is 3.57. The second-order valence-corrected chi connectivity index (χ2v) is 5.39. The number of carbonyl (C=O) groups is 2. The lowest BCUT2D eigenvalue weighted by Crippen LogP contribution is -2.46. The third-order valence-electron chi connectivity index (χ3n) is 3.87. The molecule has 1 aromatic rings. The largest absolute Gasteiger partial charge is 0.329 e. The van der Waals surface area contributed by atoms with E-state index in [4.69, 9.17) is 0 Å². The molecule has 1 saturated heterocycles. The number of hydrogen-bond acceptors (Lipinski definition) is 2. The van der Waals surface area contributed by atoms with Crippen LogP contribution in [0, 0.1) is 12.8 Å². The van der Waals surface area contributed by atoms with Gasteiger partial charge in [-0.1, -0.05) is 12.1 Å². The van der Waals surface area contributed by atoms with Crippen molar-refractivity contribution in [3.8, 4) is 0 Å². The molecule has 3 amide bonds. The number of amides is 3. The summed E-state index contributed by atoms with van der Waals surface area (Å²) in [5.74, 6) is 0.171. The molecule has 1 aliphatic heterocycles. The zero-order valence-corrected chi connectivity index (χ0v) is 10.6. The molecule has 94 valence electrons. The van der Waals surface area contributed by atoms with Crippen LogP contribution >= 0.6 is 0 Å². The molecule has 0 spiro atoms. The number of nitrogens with one attached hydrogen (secondary N) is 1. The van der Waals surface area contributed by atoms with Crippen molar-refractivity contribution in [2.75, 3.05) is 4.90 Å². The maximum Gasteiger partial charge on any atom is 0.329 e. The monoisotopic (exact) mass is 244 g/mol. The van der Waals surface area contributed by atoms with Crippen molar-refractivity contribution in [2.24, 2.45) is 5.92 Å². The van der Waals surface area contributed by atoms with E-state index in [0.29, 0.717) is 11.6 Å². The number of carbonyl (C=O) groups excluding carboxylic acids is 2. The first-order valence-electron chi connectivity index (χ1n) is 6.26. The Morgan fingerprint density at radius 3 is 2.67 bits per heavy atom. The second-order valence-electron chi connectivity index (χ2n) is 5.39. The van der Waals surface area contributed by atoms with E-state index in [0.717, 1.165) is 18.4 Å². The molecule has 4 nitrogen and oxygen atoms in total. The molecule has 1 saturated carbocycles. The Labute approximate surface area is 106 Å². The van der Waals surface area contributed by atoms with Crippen LogP contribution in [0.4, 0.5) is 10.5 Å². The number of anilines is 1. The first kappa shape index (κ1) is 11.3. The zero-order valence-electron chi connectivity index (χ0n) is 10.6. The van der Waals surface area contributed by atoms with Gasteiger partial charge in [0.25, 0.3) is 5.91 Å². The van der Waals surface area contributed by atoms with Gasteiger partial charge >= 0.3 is 6.03 Å². The summed E-state index contributed by atoms with van der Waals surface area (Å²) < 4.78 is 0. The molecular weight excluding hydrogens is 228 g/mol. The quantitative estimate of drug-likeness (QED) is 0.811. The molecule has 2 aliphatic rings.